The predicted octanol–water partition coefficient (Wildman–Crippen LogP) is 1.72. The van der Waals surface area contributed by atoms with Crippen LogP contribution in [0.4, 0.5) is 15.8 Å². The molecule has 2 aromatic rings. The van der Waals surface area contributed by atoms with Gasteiger partial charge < -0.3 is 15.6 Å². The Morgan fingerprint density at radius 2 is 1.95 bits per heavy atom. The maximum atomic E-state index is 13.5. The van der Waals surface area contributed by atoms with Crippen LogP contribution < -0.4 is 16.1 Å². The zero-order valence-electron chi connectivity index (χ0n) is 11.1. The highest BCUT2D eigenvalue weighted by atomic mass is 19.1. The molecule has 1 aromatic heterocycles. The minimum Gasteiger partial charge on any atom is -0.367 e. The molecule has 0 aliphatic heterocycles. The van der Waals surface area contributed by atoms with Gasteiger partial charge in [-0.2, -0.15) is 0 Å². The number of rotatable bonds is 3. The predicted molar refractivity (Wildman–Crippen MR) is 75.7 cm³/mol. The molecular weight excluding hydrogens is 277 g/mol. The Labute approximate surface area is 119 Å². The van der Waals surface area contributed by atoms with E-state index in [4.69, 9.17) is 0 Å². The normalized spacial score (nSPS) is 10.0. The Morgan fingerprint density at radius 3 is 2.62 bits per heavy atom. The van der Waals surface area contributed by atoms with Crippen LogP contribution >= 0.6 is 0 Å². The van der Waals surface area contributed by atoms with Crippen LogP contribution in [0.25, 0.3) is 0 Å². The molecule has 0 fully saturated rings. The average molecular weight is 289 g/mol. The number of H-pyrrole nitrogens is 1. The number of hydrogen-bond acceptors (Lipinski definition) is 3. The van der Waals surface area contributed by atoms with Gasteiger partial charge in [-0.1, -0.05) is 0 Å². The zero-order chi connectivity index (χ0) is 15.4. The number of carbonyl (C=O) groups excluding carboxylic acids is 2. The van der Waals surface area contributed by atoms with Crippen molar-refractivity contribution in [1.82, 2.24) is 4.98 Å². The molecular formula is C14H12FN3O3. The van der Waals surface area contributed by atoms with E-state index in [0.29, 0.717) is 0 Å². The van der Waals surface area contributed by atoms with E-state index >= 15 is 0 Å². The average Bonchev–Trinajstić information content (AvgIpc) is 2.42. The number of halogens is 1. The standard InChI is InChI=1S/C14H12FN3O3/c1-8(19)17-12-6-9(2-3-11(12)15)18-14(21)10-7-16-5-4-13(10)20/h2-7H,1H3,(H,16,20)(H,17,19)(H,18,21). The molecule has 21 heavy (non-hydrogen) atoms. The van der Waals surface area contributed by atoms with Gasteiger partial charge >= 0.3 is 0 Å². The molecule has 2 amide bonds. The summed E-state index contributed by atoms with van der Waals surface area (Å²) in [5.74, 6) is -1.69. The Balaban J connectivity index is 2.24. The van der Waals surface area contributed by atoms with Crippen molar-refractivity contribution in [2.24, 2.45) is 0 Å². The summed E-state index contributed by atoms with van der Waals surface area (Å²) in [5, 5.41) is 4.77. The molecule has 7 heteroatoms. The molecule has 1 aromatic carbocycles. The van der Waals surface area contributed by atoms with Crippen molar-refractivity contribution in [2.45, 2.75) is 6.92 Å². The van der Waals surface area contributed by atoms with Gasteiger partial charge in [-0.05, 0) is 18.2 Å². The lowest BCUT2D eigenvalue weighted by atomic mass is 10.2. The van der Waals surface area contributed by atoms with E-state index in [1.165, 1.54) is 37.5 Å². The van der Waals surface area contributed by atoms with Crippen molar-refractivity contribution >= 4 is 23.2 Å². The summed E-state index contributed by atoms with van der Waals surface area (Å²) in [4.78, 5) is 37.1. The number of carbonyl (C=O) groups is 2. The SMILES string of the molecule is CC(=O)Nc1cc(NC(=O)c2c[nH]ccc2=O)ccc1F. The van der Waals surface area contributed by atoms with Gasteiger partial charge in [0.1, 0.15) is 11.4 Å². The summed E-state index contributed by atoms with van der Waals surface area (Å²) in [6.07, 6.45) is 2.68. The van der Waals surface area contributed by atoms with Gasteiger partial charge in [-0.3, -0.25) is 14.4 Å². The first-order valence-electron chi connectivity index (χ1n) is 6.03. The lowest BCUT2D eigenvalue weighted by Gasteiger charge is -2.08. The highest BCUT2D eigenvalue weighted by Gasteiger charge is 2.11. The molecule has 6 nitrogen and oxygen atoms in total. The van der Waals surface area contributed by atoms with Gasteiger partial charge in [0, 0.05) is 31.1 Å². The fourth-order valence-electron chi connectivity index (χ4n) is 1.68. The Morgan fingerprint density at radius 1 is 1.19 bits per heavy atom. The molecule has 0 aliphatic carbocycles. The van der Waals surface area contributed by atoms with Crippen LogP contribution in [0.3, 0.4) is 0 Å². The molecule has 3 N–H and O–H groups in total. The molecule has 0 bridgehead atoms. The number of amides is 2. The lowest BCUT2D eigenvalue weighted by Crippen LogP contribution is -2.21. The third kappa shape index (κ3) is 3.53. The molecule has 0 spiro atoms. The lowest BCUT2D eigenvalue weighted by molar-refractivity contribution is -0.114. The van der Waals surface area contributed by atoms with E-state index in [1.54, 1.807) is 0 Å². The van der Waals surface area contributed by atoms with Crippen LogP contribution in [0.5, 0.6) is 0 Å². The number of anilines is 2. The molecule has 0 saturated carbocycles. The summed E-state index contributed by atoms with van der Waals surface area (Å²) >= 11 is 0. The second kappa shape index (κ2) is 6.00. The van der Waals surface area contributed by atoms with Crippen LogP contribution in [0.2, 0.25) is 0 Å². The third-order valence-electron chi connectivity index (χ3n) is 2.60. The van der Waals surface area contributed by atoms with Crippen LogP contribution in [0.15, 0.2) is 41.5 Å². The third-order valence-corrected chi connectivity index (χ3v) is 2.60. The summed E-state index contributed by atoms with van der Waals surface area (Å²) in [5.41, 5.74) is -0.297. The molecule has 108 valence electrons. The smallest absolute Gasteiger partial charge is 0.261 e. The molecule has 0 atom stereocenters. The van der Waals surface area contributed by atoms with Crippen LogP contribution in [0.1, 0.15) is 17.3 Å². The molecule has 0 unspecified atom stereocenters. The summed E-state index contributed by atoms with van der Waals surface area (Å²) in [6, 6.07) is 4.93. The number of nitrogens with one attached hydrogen (secondary N) is 3. The van der Waals surface area contributed by atoms with Crippen molar-refractivity contribution in [3.05, 3.63) is 58.3 Å². The Bertz CT molecular complexity index is 755. The van der Waals surface area contributed by atoms with Crippen molar-refractivity contribution < 1.29 is 14.0 Å². The van der Waals surface area contributed by atoms with E-state index in [1.807, 2.05) is 0 Å². The monoisotopic (exact) mass is 289 g/mol. The maximum absolute atomic E-state index is 13.5. The number of aromatic nitrogens is 1. The second-order valence-electron chi connectivity index (χ2n) is 4.25. The highest BCUT2D eigenvalue weighted by Crippen LogP contribution is 2.19. The number of aromatic amines is 1. The molecule has 0 radical (unpaired) electrons. The number of benzene rings is 1. The van der Waals surface area contributed by atoms with Gasteiger partial charge in [0.2, 0.25) is 5.91 Å². The number of pyridine rings is 1. The fraction of sp³-hybridized carbons (Fsp3) is 0.0714. The van der Waals surface area contributed by atoms with Crippen LogP contribution in [-0.2, 0) is 4.79 Å². The molecule has 0 aliphatic rings. The summed E-state index contributed by atoms with van der Waals surface area (Å²) in [6.45, 7) is 1.24. The molecule has 1 heterocycles. The van der Waals surface area contributed by atoms with Crippen molar-refractivity contribution in [3.63, 3.8) is 0 Å². The van der Waals surface area contributed by atoms with E-state index in [2.05, 4.69) is 15.6 Å². The van der Waals surface area contributed by atoms with Crippen molar-refractivity contribution in [2.75, 3.05) is 10.6 Å². The van der Waals surface area contributed by atoms with Gasteiger partial charge in [0.25, 0.3) is 5.91 Å². The molecule has 0 saturated heterocycles. The first kappa shape index (κ1) is 14.4. The quantitative estimate of drug-likeness (QED) is 0.803. The first-order chi connectivity index (χ1) is 9.97. The van der Waals surface area contributed by atoms with E-state index in [9.17, 15) is 18.8 Å². The largest absolute Gasteiger partial charge is 0.367 e. The van der Waals surface area contributed by atoms with Crippen LogP contribution in [0, 0.1) is 5.82 Å². The highest BCUT2D eigenvalue weighted by molar-refractivity contribution is 6.04. The fourth-order valence-corrected chi connectivity index (χ4v) is 1.68. The van der Waals surface area contributed by atoms with Gasteiger partial charge in [0.05, 0.1) is 5.69 Å². The van der Waals surface area contributed by atoms with E-state index in [0.717, 1.165) is 6.07 Å². The van der Waals surface area contributed by atoms with Crippen molar-refractivity contribution in [3.8, 4) is 0 Å². The first-order valence-corrected chi connectivity index (χ1v) is 6.03. The van der Waals surface area contributed by atoms with Gasteiger partial charge in [-0.15, -0.1) is 0 Å². The Hall–Kier alpha value is -2.96. The van der Waals surface area contributed by atoms with Gasteiger partial charge in [0.15, 0.2) is 5.43 Å². The van der Waals surface area contributed by atoms with Crippen molar-refractivity contribution in [1.29, 1.82) is 0 Å². The zero-order valence-corrected chi connectivity index (χ0v) is 11.1. The maximum Gasteiger partial charge on any atom is 0.261 e. The van der Waals surface area contributed by atoms with E-state index < -0.39 is 23.1 Å². The van der Waals surface area contributed by atoms with Crippen LogP contribution in [-0.4, -0.2) is 16.8 Å². The topological polar surface area (TPSA) is 91.1 Å². The van der Waals surface area contributed by atoms with E-state index in [-0.39, 0.29) is 16.9 Å². The number of hydrogen-bond donors (Lipinski definition) is 3. The summed E-state index contributed by atoms with van der Waals surface area (Å²) < 4.78 is 13.5. The van der Waals surface area contributed by atoms with Gasteiger partial charge in [-0.25, -0.2) is 4.39 Å². The summed E-state index contributed by atoms with van der Waals surface area (Å²) in [7, 11) is 0. The second-order valence-corrected chi connectivity index (χ2v) is 4.25. The minimum absolute atomic E-state index is 0.0535. The minimum atomic E-state index is -0.628. The molecule has 2 rings (SSSR count). The Kier molecular flexibility index (Phi) is 4.13.